The third kappa shape index (κ3) is 4.29. The maximum atomic E-state index is 12.2. The molecule has 0 unspecified atom stereocenters. The SMILES string of the molecule is Cc1cc(C)cc(C(=O)CCN(C)Cc2cccs2)c1. The van der Waals surface area contributed by atoms with Crippen LogP contribution in [0.1, 0.15) is 32.8 Å². The lowest BCUT2D eigenvalue weighted by atomic mass is 10.0. The molecule has 0 aliphatic heterocycles. The number of aryl methyl sites for hydroxylation is 2. The predicted octanol–water partition coefficient (Wildman–Crippen LogP) is 4.07. The Morgan fingerprint density at radius 2 is 1.90 bits per heavy atom. The molecule has 20 heavy (non-hydrogen) atoms. The first kappa shape index (κ1) is 14.9. The summed E-state index contributed by atoms with van der Waals surface area (Å²) >= 11 is 1.76. The van der Waals surface area contributed by atoms with Crippen molar-refractivity contribution in [2.75, 3.05) is 13.6 Å². The molecule has 0 saturated heterocycles. The van der Waals surface area contributed by atoms with E-state index in [4.69, 9.17) is 0 Å². The number of benzene rings is 1. The molecule has 0 aliphatic rings. The van der Waals surface area contributed by atoms with Crippen LogP contribution in [0.3, 0.4) is 0 Å². The van der Waals surface area contributed by atoms with Gasteiger partial charge >= 0.3 is 0 Å². The maximum Gasteiger partial charge on any atom is 0.164 e. The number of hydrogen-bond donors (Lipinski definition) is 0. The smallest absolute Gasteiger partial charge is 0.164 e. The van der Waals surface area contributed by atoms with Crippen LogP contribution < -0.4 is 0 Å². The zero-order valence-electron chi connectivity index (χ0n) is 12.3. The van der Waals surface area contributed by atoms with Crippen molar-refractivity contribution in [1.82, 2.24) is 4.90 Å². The van der Waals surface area contributed by atoms with Gasteiger partial charge in [0.05, 0.1) is 0 Å². The lowest BCUT2D eigenvalue weighted by Gasteiger charge is -2.15. The largest absolute Gasteiger partial charge is 0.301 e. The Hall–Kier alpha value is -1.45. The van der Waals surface area contributed by atoms with Gasteiger partial charge in [-0.2, -0.15) is 0 Å². The number of nitrogens with zero attached hydrogens (tertiary/aromatic N) is 1. The number of carbonyl (C=O) groups excluding carboxylic acids is 1. The molecule has 0 fully saturated rings. The van der Waals surface area contributed by atoms with E-state index in [-0.39, 0.29) is 5.78 Å². The highest BCUT2D eigenvalue weighted by molar-refractivity contribution is 7.09. The Morgan fingerprint density at radius 3 is 2.50 bits per heavy atom. The fraction of sp³-hybridized carbons (Fsp3) is 0.353. The van der Waals surface area contributed by atoms with Crippen molar-refractivity contribution in [3.8, 4) is 0 Å². The zero-order valence-corrected chi connectivity index (χ0v) is 13.2. The van der Waals surface area contributed by atoms with E-state index in [9.17, 15) is 4.79 Å². The Kier molecular flexibility index (Phi) is 5.10. The summed E-state index contributed by atoms with van der Waals surface area (Å²) in [5.41, 5.74) is 3.15. The van der Waals surface area contributed by atoms with Crippen molar-refractivity contribution < 1.29 is 4.79 Å². The normalized spacial score (nSPS) is 11.0. The summed E-state index contributed by atoms with van der Waals surface area (Å²) in [6, 6.07) is 10.3. The first-order valence-corrected chi connectivity index (χ1v) is 7.75. The summed E-state index contributed by atoms with van der Waals surface area (Å²) in [5, 5.41) is 2.09. The standard InChI is InChI=1S/C17H21NOS/c1-13-9-14(2)11-15(10-13)17(19)6-7-18(3)12-16-5-4-8-20-16/h4-5,8-11H,6-7,12H2,1-3H3. The van der Waals surface area contributed by atoms with E-state index in [0.29, 0.717) is 6.42 Å². The average molecular weight is 287 g/mol. The zero-order chi connectivity index (χ0) is 14.5. The quantitative estimate of drug-likeness (QED) is 0.746. The summed E-state index contributed by atoms with van der Waals surface area (Å²) in [6.07, 6.45) is 0.574. The number of rotatable bonds is 6. The van der Waals surface area contributed by atoms with Crippen molar-refractivity contribution in [3.63, 3.8) is 0 Å². The van der Waals surface area contributed by atoms with Gasteiger partial charge in [-0.15, -0.1) is 11.3 Å². The topological polar surface area (TPSA) is 20.3 Å². The number of ketones is 1. The second-order valence-corrected chi connectivity index (χ2v) is 6.40. The molecule has 0 spiro atoms. The minimum absolute atomic E-state index is 0.231. The van der Waals surface area contributed by atoms with Crippen molar-refractivity contribution in [3.05, 3.63) is 57.3 Å². The van der Waals surface area contributed by atoms with Gasteiger partial charge in [0.25, 0.3) is 0 Å². The Morgan fingerprint density at radius 1 is 1.20 bits per heavy atom. The van der Waals surface area contributed by atoms with Crippen molar-refractivity contribution in [1.29, 1.82) is 0 Å². The minimum atomic E-state index is 0.231. The van der Waals surface area contributed by atoms with Crippen LogP contribution in [0.2, 0.25) is 0 Å². The van der Waals surface area contributed by atoms with E-state index in [2.05, 4.69) is 35.5 Å². The molecule has 3 heteroatoms. The molecule has 1 aromatic carbocycles. The van der Waals surface area contributed by atoms with Crippen molar-refractivity contribution in [2.24, 2.45) is 0 Å². The summed E-state index contributed by atoms with van der Waals surface area (Å²) in [5.74, 6) is 0.231. The van der Waals surface area contributed by atoms with Crippen LogP contribution in [-0.2, 0) is 6.54 Å². The van der Waals surface area contributed by atoms with E-state index in [1.54, 1.807) is 11.3 Å². The molecule has 1 aromatic heterocycles. The van der Waals surface area contributed by atoms with E-state index in [0.717, 1.165) is 29.8 Å². The maximum absolute atomic E-state index is 12.2. The number of hydrogen-bond acceptors (Lipinski definition) is 3. The molecule has 0 N–H and O–H groups in total. The van der Waals surface area contributed by atoms with Crippen LogP contribution in [-0.4, -0.2) is 24.3 Å². The molecule has 0 atom stereocenters. The fourth-order valence-electron chi connectivity index (χ4n) is 2.32. The molecule has 0 radical (unpaired) electrons. The summed E-state index contributed by atoms with van der Waals surface area (Å²) in [7, 11) is 2.06. The number of thiophene rings is 1. The third-order valence-corrected chi connectivity index (χ3v) is 4.13. The lowest BCUT2D eigenvalue weighted by Crippen LogP contribution is -2.21. The predicted molar refractivity (Wildman–Crippen MR) is 85.5 cm³/mol. The Bertz CT molecular complexity index is 554. The van der Waals surface area contributed by atoms with E-state index in [1.165, 1.54) is 4.88 Å². The van der Waals surface area contributed by atoms with Gasteiger partial charge in [-0.25, -0.2) is 0 Å². The van der Waals surface area contributed by atoms with Gasteiger partial charge in [0, 0.05) is 30.0 Å². The highest BCUT2D eigenvalue weighted by Gasteiger charge is 2.09. The summed E-state index contributed by atoms with van der Waals surface area (Å²) in [4.78, 5) is 15.8. The van der Waals surface area contributed by atoms with Gasteiger partial charge in [0.1, 0.15) is 0 Å². The van der Waals surface area contributed by atoms with Crippen LogP contribution in [0.25, 0.3) is 0 Å². The molecule has 2 rings (SSSR count). The van der Waals surface area contributed by atoms with Crippen LogP contribution in [0.4, 0.5) is 0 Å². The van der Waals surface area contributed by atoms with E-state index >= 15 is 0 Å². The number of carbonyl (C=O) groups is 1. The second kappa shape index (κ2) is 6.82. The van der Waals surface area contributed by atoms with Gasteiger partial charge in [0.15, 0.2) is 5.78 Å². The van der Waals surface area contributed by atoms with Gasteiger partial charge in [0.2, 0.25) is 0 Å². The minimum Gasteiger partial charge on any atom is -0.301 e. The molecule has 0 bridgehead atoms. The highest BCUT2D eigenvalue weighted by atomic mass is 32.1. The van der Waals surface area contributed by atoms with E-state index < -0.39 is 0 Å². The molecule has 0 saturated carbocycles. The molecule has 1 heterocycles. The lowest BCUT2D eigenvalue weighted by molar-refractivity contribution is 0.0968. The molecular weight excluding hydrogens is 266 g/mol. The van der Waals surface area contributed by atoms with Crippen LogP contribution in [0, 0.1) is 13.8 Å². The van der Waals surface area contributed by atoms with Crippen molar-refractivity contribution >= 4 is 17.1 Å². The van der Waals surface area contributed by atoms with Gasteiger partial charge < -0.3 is 4.90 Å². The Labute approximate surface area is 125 Å². The molecule has 0 amide bonds. The molecule has 0 aliphatic carbocycles. The Balaban J connectivity index is 1.88. The first-order valence-electron chi connectivity index (χ1n) is 6.87. The van der Waals surface area contributed by atoms with Gasteiger partial charge in [-0.05, 0) is 44.5 Å². The van der Waals surface area contributed by atoms with Crippen LogP contribution in [0.15, 0.2) is 35.7 Å². The first-order chi connectivity index (χ1) is 9.54. The fourth-order valence-corrected chi connectivity index (χ4v) is 3.10. The summed E-state index contributed by atoms with van der Waals surface area (Å²) < 4.78 is 0. The monoisotopic (exact) mass is 287 g/mol. The highest BCUT2D eigenvalue weighted by Crippen LogP contribution is 2.13. The molecular formula is C17H21NOS. The van der Waals surface area contributed by atoms with Crippen molar-refractivity contribution in [2.45, 2.75) is 26.8 Å². The van der Waals surface area contributed by atoms with Gasteiger partial charge in [-0.3, -0.25) is 4.79 Å². The summed E-state index contributed by atoms with van der Waals surface area (Å²) in [6.45, 7) is 5.78. The number of Topliss-reactive ketones (excluding diaryl/α,β-unsaturated/α-hetero) is 1. The average Bonchev–Trinajstić information content (AvgIpc) is 2.87. The van der Waals surface area contributed by atoms with Gasteiger partial charge in [-0.1, -0.05) is 23.3 Å². The van der Waals surface area contributed by atoms with Crippen LogP contribution >= 0.6 is 11.3 Å². The third-order valence-electron chi connectivity index (χ3n) is 3.27. The molecule has 2 nitrogen and oxygen atoms in total. The van der Waals surface area contributed by atoms with E-state index in [1.807, 2.05) is 26.0 Å². The second-order valence-electron chi connectivity index (χ2n) is 5.37. The molecule has 106 valence electrons. The van der Waals surface area contributed by atoms with Crippen LogP contribution in [0.5, 0.6) is 0 Å². The molecule has 2 aromatic rings.